The molecule has 6 heteroatoms. The Bertz CT molecular complexity index is 103. The average molecular weight is 146 g/mol. The van der Waals surface area contributed by atoms with Crippen LogP contribution < -0.4 is 0 Å². The molecule has 0 saturated heterocycles. The highest BCUT2D eigenvalue weighted by molar-refractivity contribution is 7.96. The third-order valence-corrected chi connectivity index (χ3v) is 0.714. The highest BCUT2D eigenvalue weighted by Crippen LogP contribution is 2.29. The van der Waals surface area contributed by atoms with Gasteiger partial charge in [0.1, 0.15) is 12.1 Å². The maximum atomic E-state index is 11.3. The van der Waals surface area contributed by atoms with E-state index in [4.69, 9.17) is 5.11 Å². The summed E-state index contributed by atoms with van der Waals surface area (Å²) in [5.41, 5.74) is 0. The smallest absolute Gasteiger partial charge is 0.417 e. The molecule has 0 rings (SSSR count). The Labute approximate surface area is 47.0 Å². The van der Waals surface area contributed by atoms with Crippen molar-refractivity contribution in [2.24, 2.45) is 0 Å². The quantitative estimate of drug-likeness (QED) is 0.637. The second-order valence-electron chi connectivity index (χ2n) is 0.899. The molecule has 0 unspecified atom stereocenters. The van der Waals surface area contributed by atoms with Crippen LogP contribution in [-0.4, -0.2) is 16.3 Å². The molecule has 0 radical (unpaired) electrons. The van der Waals surface area contributed by atoms with Crippen LogP contribution in [0.15, 0.2) is 0 Å². The van der Waals surface area contributed by atoms with Crippen molar-refractivity contribution in [1.29, 1.82) is 0 Å². The number of carboxylic acid groups (broad SMARTS) is 1. The fourth-order valence-corrected chi connectivity index (χ4v) is 0.0990. The number of carboxylic acids is 1. The Kier molecular flexibility index (Phi) is 2.14. The largest absolute Gasteiger partial charge is 0.476 e. The summed E-state index contributed by atoms with van der Waals surface area (Å²) in [6.45, 7) is 0. The van der Waals surface area contributed by atoms with E-state index in [1.807, 2.05) is 0 Å². The number of rotatable bonds is 2. The molecule has 0 aromatic rings. The van der Waals surface area contributed by atoms with Crippen LogP contribution in [0.4, 0.5) is 12.7 Å². The van der Waals surface area contributed by atoms with Crippen molar-refractivity contribution < 1.29 is 22.6 Å². The second kappa shape index (κ2) is 2.25. The lowest BCUT2D eigenvalue weighted by Crippen LogP contribution is -2.21. The van der Waals surface area contributed by atoms with E-state index < -0.39 is 23.4 Å². The standard InChI is InChI=1S/C2HF3O2S/c3-2(4,8-5)1(6)7/h(H,6,7). The minimum atomic E-state index is -4.29. The molecular formula is C2HF3O2S. The molecule has 0 aliphatic rings. The number of aliphatic carboxylic acids is 1. The topological polar surface area (TPSA) is 37.3 Å². The van der Waals surface area contributed by atoms with E-state index in [9.17, 15) is 17.5 Å². The zero-order valence-corrected chi connectivity index (χ0v) is 4.21. The molecule has 0 fully saturated rings. The molecule has 48 valence electrons. The summed E-state index contributed by atoms with van der Waals surface area (Å²) in [5, 5.41) is 3.14. The maximum Gasteiger partial charge on any atom is 0.417 e. The molecular weight excluding hydrogens is 145 g/mol. The summed E-state index contributed by atoms with van der Waals surface area (Å²) in [5.74, 6) is -2.47. The molecule has 0 aromatic heterocycles. The van der Waals surface area contributed by atoms with E-state index in [1.165, 1.54) is 0 Å². The minimum Gasteiger partial charge on any atom is -0.476 e. The Balaban J connectivity index is 3.91. The van der Waals surface area contributed by atoms with Gasteiger partial charge in [0, 0.05) is 0 Å². The Morgan fingerprint density at radius 3 is 2.00 bits per heavy atom. The van der Waals surface area contributed by atoms with Crippen LogP contribution in [0.5, 0.6) is 0 Å². The van der Waals surface area contributed by atoms with Gasteiger partial charge in [-0.1, -0.05) is 0 Å². The molecule has 2 nitrogen and oxygen atoms in total. The van der Waals surface area contributed by atoms with E-state index in [0.29, 0.717) is 0 Å². The molecule has 0 spiro atoms. The summed E-state index contributed by atoms with van der Waals surface area (Å²) >= 11 is -1.50. The Morgan fingerprint density at radius 2 is 2.00 bits per heavy atom. The normalized spacial score (nSPS) is 11.4. The lowest BCUT2D eigenvalue weighted by molar-refractivity contribution is -0.153. The van der Waals surface area contributed by atoms with Gasteiger partial charge in [0.05, 0.1) is 0 Å². The second-order valence-corrected chi connectivity index (χ2v) is 1.57. The molecule has 0 saturated carbocycles. The third-order valence-electron chi connectivity index (χ3n) is 0.346. The van der Waals surface area contributed by atoms with Gasteiger partial charge in [0.15, 0.2) is 0 Å². The first-order chi connectivity index (χ1) is 3.50. The van der Waals surface area contributed by atoms with Crippen molar-refractivity contribution in [3.05, 3.63) is 0 Å². The summed E-state index contributed by atoms with van der Waals surface area (Å²) in [7, 11) is 0. The Hall–Kier alpha value is -0.390. The van der Waals surface area contributed by atoms with E-state index in [-0.39, 0.29) is 0 Å². The highest BCUT2D eigenvalue weighted by atomic mass is 32.2. The van der Waals surface area contributed by atoms with Gasteiger partial charge in [-0.15, -0.1) is 0 Å². The SMILES string of the molecule is O=C(O)C(F)(F)SF. The summed E-state index contributed by atoms with van der Waals surface area (Å²) < 4.78 is 33.3. The first-order valence-corrected chi connectivity index (χ1v) is 2.13. The van der Waals surface area contributed by atoms with E-state index >= 15 is 0 Å². The van der Waals surface area contributed by atoms with Crippen molar-refractivity contribution >= 4 is 18.1 Å². The highest BCUT2D eigenvalue weighted by Gasteiger charge is 2.40. The van der Waals surface area contributed by atoms with E-state index in [1.54, 1.807) is 0 Å². The van der Waals surface area contributed by atoms with Crippen molar-refractivity contribution in [1.82, 2.24) is 0 Å². The number of hydrogen-bond donors (Lipinski definition) is 1. The maximum absolute atomic E-state index is 11.3. The minimum absolute atomic E-state index is 1.50. The molecule has 0 heterocycles. The molecule has 0 atom stereocenters. The van der Waals surface area contributed by atoms with E-state index in [2.05, 4.69) is 0 Å². The van der Waals surface area contributed by atoms with Crippen LogP contribution >= 0.6 is 12.1 Å². The summed E-state index contributed by atoms with van der Waals surface area (Å²) in [4.78, 5) is 9.24. The fraction of sp³-hybridized carbons (Fsp3) is 0.500. The zero-order chi connectivity index (χ0) is 6.78. The molecule has 1 N–H and O–H groups in total. The van der Waals surface area contributed by atoms with Crippen molar-refractivity contribution in [3.63, 3.8) is 0 Å². The van der Waals surface area contributed by atoms with Crippen LogP contribution in [-0.2, 0) is 4.79 Å². The van der Waals surface area contributed by atoms with Crippen LogP contribution in [0.2, 0.25) is 0 Å². The molecule has 0 aliphatic carbocycles. The van der Waals surface area contributed by atoms with Gasteiger partial charge in [0.25, 0.3) is 0 Å². The zero-order valence-electron chi connectivity index (χ0n) is 3.40. The number of alkyl halides is 2. The molecule has 0 aromatic carbocycles. The predicted molar refractivity (Wildman–Crippen MR) is 21.3 cm³/mol. The molecule has 0 bridgehead atoms. The first-order valence-electron chi connectivity index (χ1n) is 1.41. The monoisotopic (exact) mass is 146 g/mol. The molecule has 0 aliphatic heterocycles. The van der Waals surface area contributed by atoms with Gasteiger partial charge < -0.3 is 5.11 Å². The fourth-order valence-electron chi connectivity index (χ4n) is 0.0330. The molecule has 8 heavy (non-hydrogen) atoms. The predicted octanol–water partition coefficient (Wildman–Crippen LogP) is 1.28. The van der Waals surface area contributed by atoms with Gasteiger partial charge in [-0.05, 0) is 0 Å². The van der Waals surface area contributed by atoms with Crippen molar-refractivity contribution in [3.8, 4) is 0 Å². The van der Waals surface area contributed by atoms with E-state index in [0.717, 1.165) is 0 Å². The molecule has 0 amide bonds. The number of hydrogen-bond acceptors (Lipinski definition) is 2. The lowest BCUT2D eigenvalue weighted by Gasteiger charge is -2.00. The van der Waals surface area contributed by atoms with Crippen LogP contribution in [0.25, 0.3) is 0 Å². The van der Waals surface area contributed by atoms with Gasteiger partial charge in [-0.25, -0.2) is 4.79 Å². The van der Waals surface area contributed by atoms with Crippen LogP contribution in [0.1, 0.15) is 0 Å². The average Bonchev–Trinajstić information content (AvgIpc) is 1.67. The van der Waals surface area contributed by atoms with Crippen molar-refractivity contribution in [2.45, 2.75) is 5.25 Å². The lowest BCUT2D eigenvalue weighted by atomic mass is 10.7. The van der Waals surface area contributed by atoms with Gasteiger partial charge in [-0.2, -0.15) is 12.7 Å². The third kappa shape index (κ3) is 1.61. The Morgan fingerprint density at radius 1 is 1.62 bits per heavy atom. The van der Waals surface area contributed by atoms with Crippen molar-refractivity contribution in [2.75, 3.05) is 0 Å². The van der Waals surface area contributed by atoms with Gasteiger partial charge in [0.2, 0.25) is 0 Å². The summed E-state index contributed by atoms with van der Waals surface area (Å²) in [6.07, 6.45) is 0. The number of carbonyl (C=O) groups is 1. The summed E-state index contributed by atoms with van der Waals surface area (Å²) in [6, 6.07) is 0. The van der Waals surface area contributed by atoms with Gasteiger partial charge >= 0.3 is 11.2 Å². The van der Waals surface area contributed by atoms with Crippen LogP contribution in [0.3, 0.4) is 0 Å². The van der Waals surface area contributed by atoms with Crippen LogP contribution in [0, 0.1) is 0 Å². The number of halogens is 3. The first kappa shape index (κ1) is 7.61. The van der Waals surface area contributed by atoms with Gasteiger partial charge in [-0.3, -0.25) is 0 Å².